The zero-order valence-electron chi connectivity index (χ0n) is 8.51. The van der Waals surface area contributed by atoms with Gasteiger partial charge in [-0.3, -0.25) is 5.01 Å². The van der Waals surface area contributed by atoms with Crippen molar-refractivity contribution in [1.29, 1.82) is 0 Å². The van der Waals surface area contributed by atoms with E-state index < -0.39 is 0 Å². The van der Waals surface area contributed by atoms with Crippen molar-refractivity contribution in [2.45, 2.75) is 11.8 Å². The molecule has 4 heteroatoms. The van der Waals surface area contributed by atoms with Crippen LogP contribution in [0.2, 0.25) is 0 Å². The van der Waals surface area contributed by atoms with E-state index in [0.717, 1.165) is 17.3 Å². The molecule has 1 fully saturated rings. The van der Waals surface area contributed by atoms with Crippen molar-refractivity contribution >= 4 is 28.3 Å². The molecule has 0 aliphatic carbocycles. The SMILES string of the molecule is CN1C(=S)S[C@H]2c3ccccc3CCN21. The molecule has 0 saturated carbocycles. The van der Waals surface area contributed by atoms with Crippen molar-refractivity contribution in [3.05, 3.63) is 35.4 Å². The van der Waals surface area contributed by atoms with E-state index in [-0.39, 0.29) is 0 Å². The van der Waals surface area contributed by atoms with Crippen LogP contribution in [0.4, 0.5) is 0 Å². The van der Waals surface area contributed by atoms with Crippen LogP contribution in [0.15, 0.2) is 24.3 Å². The Morgan fingerprint density at radius 2 is 2.20 bits per heavy atom. The summed E-state index contributed by atoms with van der Waals surface area (Å²) in [6, 6.07) is 8.69. The molecule has 3 rings (SSSR count). The molecule has 1 aromatic rings. The van der Waals surface area contributed by atoms with Crippen LogP contribution in [0.25, 0.3) is 0 Å². The lowest BCUT2D eigenvalue weighted by atomic mass is 10.0. The fourth-order valence-corrected chi connectivity index (χ4v) is 3.78. The monoisotopic (exact) mass is 236 g/mol. The van der Waals surface area contributed by atoms with Crippen LogP contribution in [-0.2, 0) is 6.42 Å². The Bertz CT molecular complexity index is 419. The van der Waals surface area contributed by atoms with Crippen molar-refractivity contribution in [3.8, 4) is 0 Å². The summed E-state index contributed by atoms with van der Waals surface area (Å²) in [7, 11) is 2.06. The number of thioether (sulfide) groups is 1. The first-order valence-electron chi connectivity index (χ1n) is 5.06. The number of thiocarbonyl (C=S) groups is 1. The summed E-state index contributed by atoms with van der Waals surface area (Å²) in [4.78, 5) is 0. The largest absolute Gasteiger partial charge is 0.292 e. The average Bonchev–Trinajstić information content (AvgIpc) is 2.56. The van der Waals surface area contributed by atoms with Gasteiger partial charge in [-0.15, -0.1) is 0 Å². The Kier molecular flexibility index (Phi) is 2.23. The van der Waals surface area contributed by atoms with Gasteiger partial charge in [0.1, 0.15) is 5.37 Å². The van der Waals surface area contributed by atoms with Gasteiger partial charge in [0, 0.05) is 13.6 Å². The Morgan fingerprint density at radius 3 is 3.07 bits per heavy atom. The number of hydrazine groups is 1. The highest BCUT2D eigenvalue weighted by molar-refractivity contribution is 8.23. The maximum atomic E-state index is 5.33. The van der Waals surface area contributed by atoms with Crippen LogP contribution >= 0.6 is 24.0 Å². The zero-order chi connectivity index (χ0) is 10.4. The lowest BCUT2D eigenvalue weighted by Gasteiger charge is -2.34. The van der Waals surface area contributed by atoms with E-state index in [2.05, 4.69) is 41.3 Å². The lowest BCUT2D eigenvalue weighted by molar-refractivity contribution is 0.0652. The third-order valence-electron chi connectivity index (χ3n) is 3.06. The van der Waals surface area contributed by atoms with E-state index in [1.165, 1.54) is 11.1 Å². The normalized spacial score (nSPS) is 25.3. The van der Waals surface area contributed by atoms with Gasteiger partial charge in [0.15, 0.2) is 4.32 Å². The molecule has 1 aromatic carbocycles. The molecular weight excluding hydrogens is 224 g/mol. The zero-order valence-corrected chi connectivity index (χ0v) is 10.1. The summed E-state index contributed by atoms with van der Waals surface area (Å²) in [5.74, 6) is 0. The second kappa shape index (κ2) is 3.47. The van der Waals surface area contributed by atoms with Gasteiger partial charge in [-0.25, -0.2) is 5.01 Å². The molecule has 0 aromatic heterocycles. The Balaban J connectivity index is 2.05. The third-order valence-corrected chi connectivity index (χ3v) is 4.80. The predicted molar refractivity (Wildman–Crippen MR) is 67.5 cm³/mol. The van der Waals surface area contributed by atoms with Gasteiger partial charge in [0.25, 0.3) is 0 Å². The molecule has 2 aliphatic heterocycles. The lowest BCUT2D eigenvalue weighted by Crippen LogP contribution is -2.40. The Hall–Kier alpha value is -0.580. The first-order valence-corrected chi connectivity index (χ1v) is 6.35. The summed E-state index contributed by atoms with van der Waals surface area (Å²) in [6.45, 7) is 1.07. The van der Waals surface area contributed by atoms with Crippen LogP contribution in [0.1, 0.15) is 16.5 Å². The minimum Gasteiger partial charge on any atom is -0.292 e. The number of fused-ring (bicyclic) bond motifs is 3. The number of hydrogen-bond acceptors (Lipinski definition) is 3. The third kappa shape index (κ3) is 1.40. The van der Waals surface area contributed by atoms with Crippen molar-refractivity contribution < 1.29 is 0 Å². The number of hydrogen-bond donors (Lipinski definition) is 0. The van der Waals surface area contributed by atoms with Gasteiger partial charge < -0.3 is 0 Å². The van der Waals surface area contributed by atoms with Crippen LogP contribution in [0.3, 0.4) is 0 Å². The highest BCUT2D eigenvalue weighted by Gasteiger charge is 2.38. The van der Waals surface area contributed by atoms with Gasteiger partial charge in [0.2, 0.25) is 0 Å². The molecule has 0 amide bonds. The Morgan fingerprint density at radius 1 is 1.40 bits per heavy atom. The average molecular weight is 236 g/mol. The van der Waals surface area contributed by atoms with E-state index >= 15 is 0 Å². The van der Waals surface area contributed by atoms with Gasteiger partial charge in [0.05, 0.1) is 0 Å². The quantitative estimate of drug-likeness (QED) is 0.638. The number of rotatable bonds is 0. The van der Waals surface area contributed by atoms with Crippen LogP contribution < -0.4 is 0 Å². The molecule has 0 radical (unpaired) electrons. The van der Waals surface area contributed by atoms with Crippen molar-refractivity contribution in [2.24, 2.45) is 0 Å². The van der Waals surface area contributed by atoms with Gasteiger partial charge in [-0.05, 0) is 17.5 Å². The van der Waals surface area contributed by atoms with Crippen molar-refractivity contribution in [1.82, 2.24) is 10.0 Å². The van der Waals surface area contributed by atoms with Gasteiger partial charge in [-0.1, -0.05) is 48.2 Å². The fourth-order valence-electron chi connectivity index (χ4n) is 2.22. The smallest absolute Gasteiger partial charge is 0.152 e. The second-order valence-electron chi connectivity index (χ2n) is 3.87. The predicted octanol–water partition coefficient (Wildman–Crippen LogP) is 2.42. The molecular formula is C11H12N2S2. The molecule has 0 unspecified atom stereocenters. The molecule has 1 saturated heterocycles. The molecule has 15 heavy (non-hydrogen) atoms. The fraction of sp³-hybridized carbons (Fsp3) is 0.364. The minimum absolute atomic E-state index is 0.410. The first kappa shape index (κ1) is 9.63. The first-order chi connectivity index (χ1) is 7.27. The van der Waals surface area contributed by atoms with Gasteiger partial charge >= 0.3 is 0 Å². The van der Waals surface area contributed by atoms with E-state index in [0.29, 0.717) is 5.37 Å². The van der Waals surface area contributed by atoms with Crippen LogP contribution in [0.5, 0.6) is 0 Å². The van der Waals surface area contributed by atoms with E-state index in [9.17, 15) is 0 Å². The molecule has 78 valence electrons. The van der Waals surface area contributed by atoms with Crippen LogP contribution in [-0.4, -0.2) is 27.9 Å². The Labute approximate surface area is 99.2 Å². The van der Waals surface area contributed by atoms with E-state index in [1.807, 2.05) is 0 Å². The summed E-state index contributed by atoms with van der Waals surface area (Å²) in [6.07, 6.45) is 1.13. The summed E-state index contributed by atoms with van der Waals surface area (Å²) >= 11 is 7.12. The molecule has 0 spiro atoms. The van der Waals surface area contributed by atoms with Gasteiger partial charge in [-0.2, -0.15) is 0 Å². The van der Waals surface area contributed by atoms with E-state index in [4.69, 9.17) is 12.2 Å². The molecule has 2 nitrogen and oxygen atoms in total. The second-order valence-corrected chi connectivity index (χ2v) is 5.59. The number of nitrogens with zero attached hydrogens (tertiary/aromatic N) is 2. The maximum Gasteiger partial charge on any atom is 0.152 e. The topological polar surface area (TPSA) is 6.48 Å². The maximum absolute atomic E-state index is 5.33. The number of benzene rings is 1. The molecule has 0 bridgehead atoms. The molecule has 0 N–H and O–H groups in total. The highest BCUT2D eigenvalue weighted by atomic mass is 32.2. The highest BCUT2D eigenvalue weighted by Crippen LogP contribution is 2.45. The molecule has 2 heterocycles. The standard InChI is InChI=1S/C11H12N2S2/c1-12-11(14)15-10-9-5-3-2-4-8(9)6-7-13(10)12/h2-5,10H,6-7H2,1H3/t10-/m0/s1. The molecule has 2 aliphatic rings. The summed E-state index contributed by atoms with van der Waals surface area (Å²) < 4.78 is 0.983. The van der Waals surface area contributed by atoms with E-state index in [1.54, 1.807) is 11.8 Å². The molecule has 1 atom stereocenters. The summed E-state index contributed by atoms with van der Waals surface area (Å²) in [5.41, 5.74) is 2.91. The van der Waals surface area contributed by atoms with Crippen LogP contribution in [0, 0.1) is 0 Å². The van der Waals surface area contributed by atoms with Crippen molar-refractivity contribution in [2.75, 3.05) is 13.6 Å². The van der Waals surface area contributed by atoms with Crippen molar-refractivity contribution in [3.63, 3.8) is 0 Å². The summed E-state index contributed by atoms with van der Waals surface area (Å²) in [5, 5.41) is 4.88. The minimum atomic E-state index is 0.410.